The van der Waals surface area contributed by atoms with Crippen LogP contribution >= 0.6 is 0 Å². The molecule has 5 heterocycles. The van der Waals surface area contributed by atoms with Crippen LogP contribution in [0.25, 0.3) is 11.3 Å². The van der Waals surface area contributed by atoms with E-state index >= 15 is 0 Å². The summed E-state index contributed by atoms with van der Waals surface area (Å²) in [5.41, 5.74) is 3.81. The first-order chi connectivity index (χ1) is 14.8. The minimum Gasteiger partial charge on any atom is -0.330 e. The Morgan fingerprint density at radius 2 is 2.17 bits per heavy atom. The third-order valence-corrected chi connectivity index (χ3v) is 7.68. The monoisotopic (exact) mass is 403 g/mol. The predicted octanol–water partition coefficient (Wildman–Crippen LogP) is 3.51. The number of amides is 1. The van der Waals surface area contributed by atoms with E-state index in [1.54, 1.807) is 12.4 Å². The number of hydrogen-bond donors (Lipinski definition) is 1. The second kappa shape index (κ2) is 7.34. The highest BCUT2D eigenvalue weighted by molar-refractivity contribution is 5.94. The lowest BCUT2D eigenvalue weighted by atomic mass is 9.68. The quantitative estimate of drug-likeness (QED) is 0.780. The summed E-state index contributed by atoms with van der Waals surface area (Å²) in [6.07, 6.45) is 13.6. The first kappa shape index (κ1) is 18.3. The molecule has 1 amide bonds. The van der Waals surface area contributed by atoms with Crippen molar-refractivity contribution < 1.29 is 4.79 Å². The Kier molecular flexibility index (Phi) is 4.48. The zero-order chi connectivity index (χ0) is 20.1. The van der Waals surface area contributed by atoms with Gasteiger partial charge in [0.15, 0.2) is 0 Å². The van der Waals surface area contributed by atoms with Gasteiger partial charge in [-0.1, -0.05) is 18.1 Å². The molecule has 2 aromatic rings. The van der Waals surface area contributed by atoms with Gasteiger partial charge in [-0.25, -0.2) is 0 Å². The summed E-state index contributed by atoms with van der Waals surface area (Å²) in [5, 5.41) is 7.39. The van der Waals surface area contributed by atoms with Gasteiger partial charge in [0.1, 0.15) is 5.69 Å². The minimum atomic E-state index is 0.0902. The Balaban J connectivity index is 1.28. The van der Waals surface area contributed by atoms with Gasteiger partial charge in [0.25, 0.3) is 5.91 Å². The molecular formula is C24H29N5O. The lowest BCUT2D eigenvalue weighted by Gasteiger charge is -2.54. The fourth-order valence-corrected chi connectivity index (χ4v) is 6.45. The first-order valence-corrected chi connectivity index (χ1v) is 11.5. The molecule has 4 atom stereocenters. The Morgan fingerprint density at radius 3 is 3.07 bits per heavy atom. The van der Waals surface area contributed by atoms with Crippen LogP contribution in [0.2, 0.25) is 0 Å². The number of fused-ring (bicyclic) bond motifs is 6. The molecule has 6 nitrogen and oxygen atoms in total. The highest BCUT2D eigenvalue weighted by Gasteiger charge is 2.47. The summed E-state index contributed by atoms with van der Waals surface area (Å²) in [6, 6.07) is 6.74. The molecule has 156 valence electrons. The number of nitrogens with one attached hydrogen (secondary N) is 1. The molecule has 30 heavy (non-hydrogen) atoms. The molecule has 3 saturated heterocycles. The molecule has 2 bridgehead atoms. The van der Waals surface area contributed by atoms with E-state index in [0.29, 0.717) is 17.5 Å². The summed E-state index contributed by atoms with van der Waals surface area (Å²) in [4.78, 5) is 22.6. The number of rotatable bonds is 2. The lowest BCUT2D eigenvalue weighted by molar-refractivity contribution is 0.00131. The van der Waals surface area contributed by atoms with Crippen LogP contribution in [-0.2, 0) is 0 Å². The van der Waals surface area contributed by atoms with Gasteiger partial charge in [0.2, 0.25) is 0 Å². The average molecular weight is 404 g/mol. The van der Waals surface area contributed by atoms with E-state index in [9.17, 15) is 4.79 Å². The molecule has 3 aliphatic heterocycles. The highest BCUT2D eigenvalue weighted by atomic mass is 16.2. The number of likely N-dealkylation sites (tertiary alicyclic amines) is 1. The van der Waals surface area contributed by atoms with Crippen LogP contribution in [-0.4, -0.2) is 62.6 Å². The van der Waals surface area contributed by atoms with Gasteiger partial charge in [-0.15, -0.1) is 0 Å². The first-order valence-electron chi connectivity index (χ1n) is 11.5. The van der Waals surface area contributed by atoms with Crippen molar-refractivity contribution in [1.29, 1.82) is 0 Å². The van der Waals surface area contributed by atoms with Crippen molar-refractivity contribution in [2.45, 2.75) is 50.6 Å². The molecule has 0 aromatic carbocycles. The largest absolute Gasteiger partial charge is 0.330 e. The Labute approximate surface area is 177 Å². The summed E-state index contributed by atoms with van der Waals surface area (Å²) in [7, 11) is 0. The smallest absolute Gasteiger partial charge is 0.272 e. The van der Waals surface area contributed by atoms with Gasteiger partial charge < -0.3 is 4.90 Å². The Morgan fingerprint density at radius 1 is 1.20 bits per heavy atom. The van der Waals surface area contributed by atoms with Gasteiger partial charge in [-0.3, -0.25) is 19.8 Å². The predicted molar refractivity (Wildman–Crippen MR) is 115 cm³/mol. The number of carbonyl (C=O) groups is 1. The van der Waals surface area contributed by atoms with Crippen LogP contribution in [0.15, 0.2) is 42.2 Å². The van der Waals surface area contributed by atoms with E-state index in [1.807, 2.05) is 18.2 Å². The normalized spacial score (nSPS) is 30.9. The molecule has 1 aliphatic carbocycles. The third-order valence-electron chi connectivity index (χ3n) is 7.68. The molecule has 2 aromatic heterocycles. The molecule has 6 heteroatoms. The average Bonchev–Trinajstić information content (AvgIpc) is 3.29. The number of nitrogens with zero attached hydrogens (tertiary/aromatic N) is 4. The minimum absolute atomic E-state index is 0.0902. The maximum Gasteiger partial charge on any atom is 0.272 e. The molecule has 0 saturated carbocycles. The van der Waals surface area contributed by atoms with Gasteiger partial charge in [-0.05, 0) is 68.7 Å². The number of pyridine rings is 1. The van der Waals surface area contributed by atoms with Crippen molar-refractivity contribution in [3.05, 3.63) is 47.9 Å². The van der Waals surface area contributed by atoms with E-state index < -0.39 is 0 Å². The van der Waals surface area contributed by atoms with Crippen LogP contribution in [0.5, 0.6) is 0 Å². The summed E-state index contributed by atoms with van der Waals surface area (Å²) >= 11 is 0. The van der Waals surface area contributed by atoms with Crippen molar-refractivity contribution in [1.82, 2.24) is 25.0 Å². The van der Waals surface area contributed by atoms with Crippen molar-refractivity contribution in [3.63, 3.8) is 0 Å². The second-order valence-electron chi connectivity index (χ2n) is 9.41. The molecule has 1 N–H and O–H groups in total. The molecule has 0 radical (unpaired) electrons. The Hall–Kier alpha value is -2.47. The van der Waals surface area contributed by atoms with Crippen LogP contribution in [0.1, 0.15) is 49.0 Å². The fraction of sp³-hybridized carbons (Fsp3) is 0.542. The van der Waals surface area contributed by atoms with Gasteiger partial charge in [0, 0.05) is 37.1 Å². The molecule has 0 unspecified atom stereocenters. The lowest BCUT2D eigenvalue weighted by Crippen LogP contribution is -2.60. The SMILES string of the molecule is O=C(c1cc(-c2cccnc2)n[nH]1)N1CCCC2=C[C@H]3C[C@H](CN4CCCC[C@H]34)[C@@H]21. The molecule has 0 spiro atoms. The van der Waals surface area contributed by atoms with Crippen molar-refractivity contribution in [2.24, 2.45) is 11.8 Å². The fourth-order valence-electron chi connectivity index (χ4n) is 6.45. The van der Waals surface area contributed by atoms with E-state index in [0.717, 1.165) is 43.2 Å². The number of aromatic nitrogens is 3. The maximum absolute atomic E-state index is 13.5. The number of hydrogen-bond acceptors (Lipinski definition) is 4. The highest BCUT2D eigenvalue weighted by Crippen LogP contribution is 2.45. The topological polar surface area (TPSA) is 65.1 Å². The molecular weight excluding hydrogens is 374 g/mol. The second-order valence-corrected chi connectivity index (χ2v) is 9.41. The molecule has 6 rings (SSSR count). The summed E-state index contributed by atoms with van der Waals surface area (Å²) in [5.74, 6) is 1.34. The zero-order valence-corrected chi connectivity index (χ0v) is 17.3. The standard InChI is InChI=1S/C24H29N5O/c30-24(21-13-20(26-27-21)17-5-3-8-25-14-17)29-10-4-6-16-11-18-12-19(23(16)29)15-28-9-2-1-7-22(18)28/h3,5,8,11,13-14,18-19,22-23H,1-2,4,6-7,9-10,12,15H2,(H,26,27)/t18-,19+,22+,23+/m0/s1. The van der Waals surface area contributed by atoms with Gasteiger partial charge in [-0.2, -0.15) is 5.10 Å². The van der Waals surface area contributed by atoms with E-state index in [2.05, 4.69) is 31.1 Å². The number of aromatic amines is 1. The number of H-pyrrole nitrogens is 1. The van der Waals surface area contributed by atoms with E-state index in [4.69, 9.17) is 0 Å². The van der Waals surface area contributed by atoms with Crippen LogP contribution in [0, 0.1) is 11.8 Å². The molecule has 3 fully saturated rings. The number of carbonyl (C=O) groups excluding carboxylic acids is 1. The van der Waals surface area contributed by atoms with Gasteiger partial charge >= 0.3 is 0 Å². The zero-order valence-electron chi connectivity index (χ0n) is 17.3. The summed E-state index contributed by atoms with van der Waals surface area (Å²) in [6.45, 7) is 3.22. The van der Waals surface area contributed by atoms with Crippen molar-refractivity contribution >= 4 is 5.91 Å². The number of piperidine rings is 3. The van der Waals surface area contributed by atoms with Crippen LogP contribution in [0.3, 0.4) is 0 Å². The van der Waals surface area contributed by atoms with E-state index in [1.165, 1.54) is 37.8 Å². The van der Waals surface area contributed by atoms with Crippen molar-refractivity contribution in [2.75, 3.05) is 19.6 Å². The van der Waals surface area contributed by atoms with E-state index in [-0.39, 0.29) is 11.9 Å². The van der Waals surface area contributed by atoms with Crippen LogP contribution < -0.4 is 0 Å². The summed E-state index contributed by atoms with van der Waals surface area (Å²) < 4.78 is 0. The Bertz CT molecular complexity index is 967. The van der Waals surface area contributed by atoms with Crippen molar-refractivity contribution in [3.8, 4) is 11.3 Å². The van der Waals surface area contributed by atoms with Gasteiger partial charge in [0.05, 0.1) is 11.7 Å². The molecule has 4 aliphatic rings. The van der Waals surface area contributed by atoms with Crippen LogP contribution in [0.4, 0.5) is 0 Å². The maximum atomic E-state index is 13.5. The third kappa shape index (κ3) is 3.00.